The molecule has 0 saturated heterocycles. The number of allylic oxidation sites excluding steroid dienone is 14. The first-order valence-corrected chi connectivity index (χ1v) is 32.1. The first-order chi connectivity index (χ1) is 37.0. The zero-order chi connectivity index (χ0) is 54.3. The first kappa shape index (κ1) is 71.6. The summed E-state index contributed by atoms with van der Waals surface area (Å²) in [6.07, 6.45) is 82.9. The van der Waals surface area contributed by atoms with Gasteiger partial charge in [-0.3, -0.25) is 14.4 Å². The van der Waals surface area contributed by atoms with Gasteiger partial charge in [-0.15, -0.1) is 0 Å². The molecule has 0 saturated carbocycles. The van der Waals surface area contributed by atoms with Crippen LogP contribution in [0.5, 0.6) is 0 Å². The third-order valence-corrected chi connectivity index (χ3v) is 13.9. The van der Waals surface area contributed by atoms with Crippen LogP contribution in [-0.4, -0.2) is 37.2 Å². The number of rotatable bonds is 58. The van der Waals surface area contributed by atoms with Gasteiger partial charge in [0.05, 0.1) is 0 Å². The third kappa shape index (κ3) is 61.3. The second-order valence-corrected chi connectivity index (χ2v) is 21.3. The van der Waals surface area contributed by atoms with Crippen LogP contribution in [0.1, 0.15) is 316 Å². The fourth-order valence-corrected chi connectivity index (χ4v) is 9.05. The Balaban J connectivity index is 4.40. The van der Waals surface area contributed by atoms with Crippen molar-refractivity contribution in [3.05, 3.63) is 85.1 Å². The van der Waals surface area contributed by atoms with Gasteiger partial charge in [0.1, 0.15) is 13.2 Å². The average Bonchev–Trinajstić information content (AvgIpc) is 3.41. The Hall–Kier alpha value is -3.41. The van der Waals surface area contributed by atoms with Gasteiger partial charge in [-0.05, 0) is 116 Å². The van der Waals surface area contributed by atoms with Crippen molar-refractivity contribution in [3.8, 4) is 0 Å². The molecule has 0 aromatic carbocycles. The van der Waals surface area contributed by atoms with Crippen LogP contribution in [0.25, 0.3) is 0 Å². The summed E-state index contributed by atoms with van der Waals surface area (Å²) in [5, 5.41) is 0. The number of esters is 3. The molecule has 1 atom stereocenters. The molecule has 0 fully saturated rings. The van der Waals surface area contributed by atoms with E-state index in [9.17, 15) is 14.4 Å². The van der Waals surface area contributed by atoms with E-state index in [2.05, 4.69) is 106 Å². The molecular weight excluding hydrogens is 925 g/mol. The standard InChI is InChI=1S/C69H120O6/c1-4-7-10-13-16-19-22-25-28-31-33-34-36-38-41-44-47-50-53-56-59-62-68(71)74-65-66(64-73-67(70)61-58-55-52-49-46-43-40-37-30-27-24-21-18-15-12-9-6-3)75-69(72)63-60-57-54-51-48-45-42-39-35-32-29-26-23-20-17-14-11-8-5-2/h7,10,16-17,19-20,25-30,33-34,66H,4-6,8-9,11-15,18,21-24,31-32,35-65H2,1-3H3/b10-7-,19-16-,20-17-,28-25-,29-26-,30-27-,34-33-. The highest BCUT2D eigenvalue weighted by molar-refractivity contribution is 5.71. The molecular formula is C69H120O6. The molecule has 0 aromatic rings. The third-order valence-electron chi connectivity index (χ3n) is 13.9. The summed E-state index contributed by atoms with van der Waals surface area (Å²) in [5.74, 6) is -0.885. The Morgan fingerprint density at radius 3 is 0.853 bits per heavy atom. The maximum atomic E-state index is 12.9. The largest absolute Gasteiger partial charge is 0.462 e. The van der Waals surface area contributed by atoms with E-state index in [-0.39, 0.29) is 31.1 Å². The summed E-state index contributed by atoms with van der Waals surface area (Å²) in [6.45, 7) is 6.52. The summed E-state index contributed by atoms with van der Waals surface area (Å²) in [5.41, 5.74) is 0. The van der Waals surface area contributed by atoms with Gasteiger partial charge >= 0.3 is 17.9 Å². The number of carbonyl (C=O) groups is 3. The monoisotopic (exact) mass is 1040 g/mol. The summed E-state index contributed by atoms with van der Waals surface area (Å²) >= 11 is 0. The first-order valence-electron chi connectivity index (χ1n) is 32.1. The number of ether oxygens (including phenoxy) is 3. The van der Waals surface area contributed by atoms with E-state index in [1.54, 1.807) is 0 Å². The maximum Gasteiger partial charge on any atom is 0.306 e. The zero-order valence-corrected chi connectivity index (χ0v) is 49.6. The summed E-state index contributed by atoms with van der Waals surface area (Å²) in [4.78, 5) is 38.4. The van der Waals surface area contributed by atoms with Gasteiger partial charge in [-0.25, -0.2) is 0 Å². The van der Waals surface area contributed by atoms with E-state index in [0.717, 1.165) is 96.3 Å². The van der Waals surface area contributed by atoms with Crippen molar-refractivity contribution in [3.63, 3.8) is 0 Å². The lowest BCUT2D eigenvalue weighted by Gasteiger charge is -2.18. The lowest BCUT2D eigenvalue weighted by molar-refractivity contribution is -0.167. The topological polar surface area (TPSA) is 78.9 Å². The Kier molecular flexibility index (Phi) is 60.3. The van der Waals surface area contributed by atoms with Crippen molar-refractivity contribution in [2.24, 2.45) is 0 Å². The second kappa shape index (κ2) is 63.1. The Bertz CT molecular complexity index is 1430. The van der Waals surface area contributed by atoms with Crippen LogP contribution in [0, 0.1) is 0 Å². The molecule has 0 N–H and O–H groups in total. The van der Waals surface area contributed by atoms with Crippen LogP contribution in [0.3, 0.4) is 0 Å². The number of carbonyl (C=O) groups excluding carboxylic acids is 3. The van der Waals surface area contributed by atoms with Gasteiger partial charge < -0.3 is 14.2 Å². The minimum Gasteiger partial charge on any atom is -0.462 e. The molecule has 0 spiro atoms. The molecule has 0 aliphatic carbocycles. The quantitative estimate of drug-likeness (QED) is 0.0261. The zero-order valence-electron chi connectivity index (χ0n) is 49.6. The minimum absolute atomic E-state index is 0.0818. The van der Waals surface area contributed by atoms with Crippen LogP contribution in [0.15, 0.2) is 85.1 Å². The van der Waals surface area contributed by atoms with Crippen molar-refractivity contribution < 1.29 is 28.6 Å². The van der Waals surface area contributed by atoms with Crippen molar-refractivity contribution >= 4 is 17.9 Å². The maximum absolute atomic E-state index is 12.9. The molecule has 6 nitrogen and oxygen atoms in total. The molecule has 0 aliphatic rings. The fraction of sp³-hybridized carbons (Fsp3) is 0.754. The van der Waals surface area contributed by atoms with Gasteiger partial charge in [0.2, 0.25) is 0 Å². The van der Waals surface area contributed by atoms with E-state index in [4.69, 9.17) is 14.2 Å². The highest BCUT2D eigenvalue weighted by Crippen LogP contribution is 2.16. The Morgan fingerprint density at radius 1 is 0.280 bits per heavy atom. The summed E-state index contributed by atoms with van der Waals surface area (Å²) in [7, 11) is 0. The van der Waals surface area contributed by atoms with Gasteiger partial charge in [-0.2, -0.15) is 0 Å². The second-order valence-electron chi connectivity index (χ2n) is 21.3. The van der Waals surface area contributed by atoms with Gasteiger partial charge in [0.15, 0.2) is 6.10 Å². The highest BCUT2D eigenvalue weighted by atomic mass is 16.6. The van der Waals surface area contributed by atoms with Crippen molar-refractivity contribution in [2.75, 3.05) is 13.2 Å². The molecule has 0 radical (unpaired) electrons. The average molecular weight is 1050 g/mol. The predicted octanol–water partition coefficient (Wildman–Crippen LogP) is 21.9. The van der Waals surface area contributed by atoms with Gasteiger partial charge in [0, 0.05) is 19.3 Å². The normalized spacial score (nSPS) is 12.6. The van der Waals surface area contributed by atoms with Crippen LogP contribution in [-0.2, 0) is 28.6 Å². The van der Waals surface area contributed by atoms with Crippen LogP contribution in [0.2, 0.25) is 0 Å². The van der Waals surface area contributed by atoms with Crippen molar-refractivity contribution in [2.45, 2.75) is 322 Å². The predicted molar refractivity (Wildman–Crippen MR) is 325 cm³/mol. The lowest BCUT2D eigenvalue weighted by atomic mass is 10.1. The molecule has 0 bridgehead atoms. The smallest absolute Gasteiger partial charge is 0.306 e. The minimum atomic E-state index is -0.786. The molecule has 432 valence electrons. The van der Waals surface area contributed by atoms with Gasteiger partial charge in [-0.1, -0.05) is 266 Å². The van der Waals surface area contributed by atoms with E-state index < -0.39 is 6.10 Å². The van der Waals surface area contributed by atoms with Crippen molar-refractivity contribution in [1.82, 2.24) is 0 Å². The van der Waals surface area contributed by atoms with E-state index >= 15 is 0 Å². The molecule has 0 aliphatic heterocycles. The summed E-state index contributed by atoms with van der Waals surface area (Å²) < 4.78 is 16.9. The molecule has 0 aromatic heterocycles. The SMILES string of the molecule is CC/C=C\C/C=C\C/C=C\C/C=C\CCCCCCCCCCC(=O)OCC(COC(=O)CCCCCCCCC/C=C\CCCCCCCC)OC(=O)CCCCCCCCCCC/C=C\C/C=C\CCCCC. The highest BCUT2D eigenvalue weighted by Gasteiger charge is 2.19. The molecule has 0 amide bonds. The molecule has 0 rings (SSSR count). The molecule has 1 unspecified atom stereocenters. The lowest BCUT2D eigenvalue weighted by Crippen LogP contribution is -2.30. The van der Waals surface area contributed by atoms with Gasteiger partial charge in [0.25, 0.3) is 0 Å². The van der Waals surface area contributed by atoms with E-state index in [0.29, 0.717) is 19.3 Å². The number of hydrogen-bond acceptors (Lipinski definition) is 6. The Morgan fingerprint density at radius 2 is 0.520 bits per heavy atom. The Labute approximate surface area is 465 Å². The van der Waals surface area contributed by atoms with Crippen molar-refractivity contribution in [1.29, 1.82) is 0 Å². The fourth-order valence-electron chi connectivity index (χ4n) is 9.05. The van der Waals surface area contributed by atoms with Crippen LogP contribution < -0.4 is 0 Å². The number of hydrogen-bond donors (Lipinski definition) is 0. The van der Waals surface area contributed by atoms with Crippen LogP contribution in [0.4, 0.5) is 0 Å². The molecule has 75 heavy (non-hydrogen) atoms. The summed E-state index contributed by atoms with van der Waals surface area (Å²) in [6, 6.07) is 0. The van der Waals surface area contributed by atoms with E-state index in [1.165, 1.54) is 180 Å². The number of unbranched alkanes of at least 4 members (excludes halogenated alkanes) is 33. The molecule has 0 heterocycles. The molecule has 6 heteroatoms. The van der Waals surface area contributed by atoms with Crippen LogP contribution >= 0.6 is 0 Å². The van der Waals surface area contributed by atoms with E-state index in [1.807, 2.05) is 0 Å².